The second kappa shape index (κ2) is 7.26. The number of halogens is 1. The molecule has 9 nitrogen and oxygen atoms in total. The van der Waals surface area contributed by atoms with Crippen molar-refractivity contribution in [2.24, 2.45) is 0 Å². The molecule has 4 atom stereocenters. The molecular weight excluding hydrogens is 332 g/mol. The first-order chi connectivity index (χ1) is 10.8. The highest BCUT2D eigenvalue weighted by Gasteiger charge is 2.39. The summed E-state index contributed by atoms with van der Waals surface area (Å²) in [5.74, 6) is -0.489. The number of aromatic amines is 1. The lowest BCUT2D eigenvalue weighted by Gasteiger charge is -2.19. The number of carbonyl (C=O) groups is 1. The summed E-state index contributed by atoms with van der Waals surface area (Å²) in [5, 5.41) is 9.21. The van der Waals surface area contributed by atoms with Crippen LogP contribution in [-0.2, 0) is 19.0 Å². The molecule has 0 amide bonds. The smallest absolute Gasteiger partial charge is 0.330 e. The number of aliphatic hydroxyl groups is 1. The Balaban J connectivity index is 2.21. The second-order valence-electron chi connectivity index (χ2n) is 5.08. The Kier molecular flexibility index (Phi) is 5.58. The van der Waals surface area contributed by atoms with E-state index >= 15 is 0 Å². The van der Waals surface area contributed by atoms with Crippen molar-refractivity contribution in [3.63, 3.8) is 0 Å². The van der Waals surface area contributed by atoms with Gasteiger partial charge in [0.1, 0.15) is 24.0 Å². The summed E-state index contributed by atoms with van der Waals surface area (Å²) in [6.07, 6.45) is -1.73. The van der Waals surface area contributed by atoms with Crippen LogP contribution >= 0.6 is 11.6 Å². The van der Waals surface area contributed by atoms with E-state index in [0.29, 0.717) is 0 Å². The standard InChI is InChI=1S/C13H17ClN2O7/c1-6(17)21-5-10-9(22-7(2)18)3-11(23-10)16-4-8(14)12(19)15-13(16)20/h4,7,9-11,18H,3,5H2,1-2H3,(H,15,19,20)/t7?,9-,10+,11+/m0/s1. The molecule has 1 aliphatic heterocycles. The van der Waals surface area contributed by atoms with Gasteiger partial charge < -0.3 is 19.3 Å². The van der Waals surface area contributed by atoms with Crippen LogP contribution in [0.1, 0.15) is 26.5 Å². The van der Waals surface area contributed by atoms with E-state index in [-0.39, 0.29) is 18.1 Å². The zero-order valence-electron chi connectivity index (χ0n) is 12.5. The lowest BCUT2D eigenvalue weighted by molar-refractivity contribution is -0.161. The highest BCUT2D eigenvalue weighted by Crippen LogP contribution is 2.30. The summed E-state index contributed by atoms with van der Waals surface area (Å²) < 4.78 is 17.0. The maximum atomic E-state index is 11.9. The minimum Gasteiger partial charge on any atom is -0.463 e. The first kappa shape index (κ1) is 17.7. The van der Waals surface area contributed by atoms with Crippen molar-refractivity contribution < 1.29 is 24.1 Å². The van der Waals surface area contributed by atoms with Crippen LogP contribution < -0.4 is 11.2 Å². The second-order valence-corrected chi connectivity index (χ2v) is 5.49. The summed E-state index contributed by atoms with van der Waals surface area (Å²) in [6.45, 7) is 2.59. The van der Waals surface area contributed by atoms with Crippen molar-refractivity contribution in [3.8, 4) is 0 Å². The highest BCUT2D eigenvalue weighted by molar-refractivity contribution is 6.30. The molecule has 23 heavy (non-hydrogen) atoms. The number of nitrogens with one attached hydrogen (secondary N) is 1. The molecule has 2 heterocycles. The van der Waals surface area contributed by atoms with Crippen LogP contribution in [0.2, 0.25) is 5.02 Å². The molecule has 1 fully saturated rings. The van der Waals surface area contributed by atoms with Crippen LogP contribution in [0.3, 0.4) is 0 Å². The van der Waals surface area contributed by atoms with Gasteiger partial charge in [-0.2, -0.15) is 0 Å². The van der Waals surface area contributed by atoms with Gasteiger partial charge in [0, 0.05) is 19.5 Å². The zero-order valence-corrected chi connectivity index (χ0v) is 13.3. The van der Waals surface area contributed by atoms with Gasteiger partial charge >= 0.3 is 11.7 Å². The Hall–Kier alpha value is -1.68. The van der Waals surface area contributed by atoms with Crippen LogP contribution in [-0.4, -0.2) is 45.7 Å². The minimum absolute atomic E-state index is 0.0882. The fourth-order valence-corrected chi connectivity index (χ4v) is 2.44. The first-order valence-electron chi connectivity index (χ1n) is 6.91. The molecule has 1 aliphatic rings. The molecule has 0 saturated carbocycles. The topological polar surface area (TPSA) is 120 Å². The molecule has 2 N–H and O–H groups in total. The Labute approximate surface area is 135 Å². The SMILES string of the molecule is CC(=O)OC[C@H]1O[C@@H](n2cc(Cl)c(=O)[nH]c2=O)C[C@@H]1OC(C)O. The van der Waals surface area contributed by atoms with Crippen molar-refractivity contribution in [1.82, 2.24) is 9.55 Å². The molecule has 0 aliphatic carbocycles. The molecule has 10 heteroatoms. The van der Waals surface area contributed by atoms with E-state index in [2.05, 4.69) is 4.98 Å². The third kappa shape index (κ3) is 4.41. The summed E-state index contributed by atoms with van der Waals surface area (Å²) in [4.78, 5) is 36.2. The van der Waals surface area contributed by atoms with Gasteiger partial charge in [0.2, 0.25) is 0 Å². The molecule has 0 aromatic carbocycles. The van der Waals surface area contributed by atoms with Crippen molar-refractivity contribution in [3.05, 3.63) is 32.1 Å². The van der Waals surface area contributed by atoms with E-state index in [1.54, 1.807) is 0 Å². The van der Waals surface area contributed by atoms with E-state index in [1.165, 1.54) is 20.0 Å². The largest absolute Gasteiger partial charge is 0.463 e. The van der Waals surface area contributed by atoms with Crippen LogP contribution in [0.15, 0.2) is 15.8 Å². The number of hydrogen-bond acceptors (Lipinski definition) is 7. The van der Waals surface area contributed by atoms with E-state index < -0.39 is 41.9 Å². The first-order valence-corrected chi connectivity index (χ1v) is 7.29. The lowest BCUT2D eigenvalue weighted by atomic mass is 10.2. The molecule has 0 bridgehead atoms. The number of esters is 1. The maximum Gasteiger partial charge on any atom is 0.330 e. The van der Waals surface area contributed by atoms with Crippen LogP contribution in [0, 0.1) is 0 Å². The van der Waals surface area contributed by atoms with Gasteiger partial charge in [0.15, 0.2) is 6.29 Å². The highest BCUT2D eigenvalue weighted by atomic mass is 35.5. The fraction of sp³-hybridized carbons (Fsp3) is 0.615. The fourth-order valence-electron chi connectivity index (χ4n) is 2.29. The predicted molar refractivity (Wildman–Crippen MR) is 78.0 cm³/mol. The van der Waals surface area contributed by atoms with Gasteiger partial charge in [-0.15, -0.1) is 0 Å². The molecule has 1 unspecified atom stereocenters. The van der Waals surface area contributed by atoms with Crippen molar-refractivity contribution in [2.45, 2.75) is 45.0 Å². The van der Waals surface area contributed by atoms with E-state index in [4.69, 9.17) is 25.8 Å². The molecule has 2 rings (SSSR count). The number of H-pyrrole nitrogens is 1. The van der Waals surface area contributed by atoms with E-state index in [0.717, 1.165) is 4.57 Å². The van der Waals surface area contributed by atoms with Crippen LogP contribution in [0.25, 0.3) is 0 Å². The Morgan fingerprint density at radius 3 is 2.91 bits per heavy atom. The molecule has 0 radical (unpaired) electrons. The number of rotatable bonds is 5. The molecule has 0 spiro atoms. The van der Waals surface area contributed by atoms with E-state index in [1.807, 2.05) is 0 Å². The minimum atomic E-state index is -1.06. The van der Waals surface area contributed by atoms with Crippen LogP contribution in [0.5, 0.6) is 0 Å². The summed E-state index contributed by atoms with van der Waals surface area (Å²) >= 11 is 5.72. The van der Waals surface area contributed by atoms with Gasteiger partial charge in [0.25, 0.3) is 5.56 Å². The maximum absolute atomic E-state index is 11.9. The van der Waals surface area contributed by atoms with Gasteiger partial charge in [0.05, 0.1) is 6.10 Å². The van der Waals surface area contributed by atoms with Crippen molar-refractivity contribution in [2.75, 3.05) is 6.61 Å². The average Bonchev–Trinajstić information content (AvgIpc) is 2.82. The van der Waals surface area contributed by atoms with Gasteiger partial charge in [-0.3, -0.25) is 19.1 Å². The predicted octanol–water partition coefficient (Wildman–Crippen LogP) is -0.236. The van der Waals surface area contributed by atoms with E-state index in [9.17, 15) is 19.5 Å². The van der Waals surface area contributed by atoms with Crippen LogP contribution in [0.4, 0.5) is 0 Å². The number of hydrogen-bond donors (Lipinski definition) is 2. The number of ether oxygens (including phenoxy) is 3. The van der Waals surface area contributed by atoms with Crippen molar-refractivity contribution >= 4 is 17.6 Å². The van der Waals surface area contributed by atoms with Crippen molar-refractivity contribution in [1.29, 1.82) is 0 Å². The Morgan fingerprint density at radius 2 is 2.30 bits per heavy atom. The summed E-state index contributed by atoms with van der Waals surface area (Å²) in [7, 11) is 0. The quantitative estimate of drug-likeness (QED) is 0.556. The zero-order chi connectivity index (χ0) is 17.1. The normalized spacial score (nSPS) is 25.3. The summed E-state index contributed by atoms with van der Waals surface area (Å²) in [5.41, 5.74) is -1.38. The Bertz CT molecular complexity index is 684. The number of carbonyl (C=O) groups excluding carboxylic acids is 1. The molecule has 1 saturated heterocycles. The molecule has 1 aromatic rings. The monoisotopic (exact) mass is 348 g/mol. The molecule has 1 aromatic heterocycles. The van der Waals surface area contributed by atoms with Gasteiger partial charge in [-0.25, -0.2) is 4.79 Å². The van der Waals surface area contributed by atoms with Gasteiger partial charge in [-0.05, 0) is 6.92 Å². The lowest BCUT2D eigenvalue weighted by Crippen LogP contribution is -2.33. The third-order valence-electron chi connectivity index (χ3n) is 3.24. The number of nitrogens with zero attached hydrogens (tertiary/aromatic N) is 1. The average molecular weight is 349 g/mol. The summed E-state index contributed by atoms with van der Waals surface area (Å²) in [6, 6.07) is 0. The number of aliphatic hydroxyl groups excluding tert-OH is 1. The number of aromatic nitrogens is 2. The Morgan fingerprint density at radius 1 is 1.61 bits per heavy atom. The molecule has 128 valence electrons. The van der Waals surface area contributed by atoms with Gasteiger partial charge in [-0.1, -0.05) is 11.6 Å². The molecular formula is C13H17ClN2O7. The third-order valence-corrected chi connectivity index (χ3v) is 3.51.